The number of benzene rings is 1. The van der Waals surface area contributed by atoms with Gasteiger partial charge in [0.05, 0.1) is 22.8 Å². The molecule has 0 bridgehead atoms. The molecule has 0 radical (unpaired) electrons. The Labute approximate surface area is 212 Å². The Bertz CT molecular complexity index is 1150. The van der Waals surface area contributed by atoms with E-state index in [1.54, 1.807) is 12.1 Å². The first-order valence-corrected chi connectivity index (χ1v) is 13.9. The van der Waals surface area contributed by atoms with Crippen LogP contribution in [0.25, 0.3) is 0 Å². The van der Waals surface area contributed by atoms with Gasteiger partial charge < -0.3 is 16.0 Å². The Morgan fingerprint density at radius 2 is 1.97 bits per heavy atom. The first-order chi connectivity index (χ1) is 17.1. The fourth-order valence-electron chi connectivity index (χ4n) is 5.55. The van der Waals surface area contributed by atoms with Gasteiger partial charge in [-0.2, -0.15) is 5.26 Å². The number of hydrogen-bond acceptors (Lipinski definition) is 8. The minimum Gasteiger partial charge on any atom is -0.368 e. The third-order valence-electron chi connectivity index (χ3n) is 7.38. The Balaban J connectivity index is 1.63. The van der Waals surface area contributed by atoms with Crippen LogP contribution in [0.5, 0.6) is 0 Å². The van der Waals surface area contributed by atoms with Gasteiger partial charge in [0.25, 0.3) is 0 Å². The van der Waals surface area contributed by atoms with Gasteiger partial charge in [-0.1, -0.05) is 12.8 Å². The number of amides is 2. The van der Waals surface area contributed by atoms with E-state index >= 15 is 0 Å². The maximum Gasteiger partial charge on any atom is 0.242 e. The number of sulfonamides is 1. The number of fused-ring (bicyclic) bond motifs is 1. The molecule has 3 fully saturated rings. The molecule has 4 rings (SSSR count). The normalized spacial score (nSPS) is 28.8. The minimum atomic E-state index is -3.72. The smallest absolute Gasteiger partial charge is 0.242 e. The molecule has 3 aliphatic rings. The van der Waals surface area contributed by atoms with Crippen molar-refractivity contribution in [2.75, 3.05) is 26.0 Å². The van der Waals surface area contributed by atoms with Crippen LogP contribution < -0.4 is 21.4 Å². The van der Waals surface area contributed by atoms with E-state index in [2.05, 4.69) is 32.5 Å². The van der Waals surface area contributed by atoms with E-state index in [4.69, 9.17) is 0 Å². The summed E-state index contributed by atoms with van der Waals surface area (Å²) in [6.07, 6.45) is 4.21. The maximum absolute atomic E-state index is 12.9. The number of nitriles is 1. The zero-order chi connectivity index (χ0) is 26.0. The minimum absolute atomic E-state index is 0.0388. The Morgan fingerprint density at radius 1 is 1.22 bits per heavy atom. The van der Waals surface area contributed by atoms with Crippen LogP contribution in [-0.2, 0) is 26.2 Å². The Morgan fingerprint density at radius 3 is 2.67 bits per heavy atom. The van der Waals surface area contributed by atoms with E-state index < -0.39 is 16.2 Å². The second kappa shape index (κ2) is 10.7. The predicted octanol–water partition coefficient (Wildman–Crippen LogP) is 0.718. The van der Waals surface area contributed by atoms with Crippen LogP contribution in [0.3, 0.4) is 0 Å². The van der Waals surface area contributed by atoms with Crippen molar-refractivity contribution in [3.63, 3.8) is 0 Å². The van der Waals surface area contributed by atoms with Crippen molar-refractivity contribution in [3.8, 4) is 6.07 Å². The highest BCUT2D eigenvalue weighted by atomic mass is 32.2. The van der Waals surface area contributed by atoms with Gasteiger partial charge >= 0.3 is 0 Å². The number of carbonyl (C=O) groups excluding carboxylic acids is 2. The molecule has 3 unspecified atom stereocenters. The highest BCUT2D eigenvalue weighted by molar-refractivity contribution is 7.89. The number of rotatable bonds is 7. The maximum atomic E-state index is 12.9. The van der Waals surface area contributed by atoms with Crippen molar-refractivity contribution in [1.29, 1.82) is 5.26 Å². The lowest BCUT2D eigenvalue weighted by Crippen LogP contribution is -2.54. The second-order valence-corrected chi connectivity index (χ2v) is 12.1. The van der Waals surface area contributed by atoms with Crippen molar-refractivity contribution < 1.29 is 18.0 Å². The number of hydrogen-bond donors (Lipinski definition) is 4. The second-order valence-electron chi connectivity index (χ2n) is 9.94. The summed E-state index contributed by atoms with van der Waals surface area (Å²) in [5, 5.41) is 20.9. The highest BCUT2D eigenvalue weighted by Gasteiger charge is 2.51. The summed E-state index contributed by atoms with van der Waals surface area (Å²) in [4.78, 5) is 24.6. The van der Waals surface area contributed by atoms with Gasteiger partial charge in [0.2, 0.25) is 21.8 Å². The summed E-state index contributed by atoms with van der Waals surface area (Å²) in [5.74, 6) is -0.774. The lowest BCUT2D eigenvalue weighted by molar-refractivity contribution is -0.128. The number of piperidine rings is 1. The van der Waals surface area contributed by atoms with Crippen LogP contribution in [0, 0.1) is 23.2 Å². The van der Waals surface area contributed by atoms with Crippen LogP contribution in [0.4, 0.5) is 5.69 Å². The molecule has 0 aromatic heterocycles. The van der Waals surface area contributed by atoms with Gasteiger partial charge in [0, 0.05) is 51.9 Å². The first-order valence-electron chi connectivity index (χ1n) is 12.4. The SMILES string of the molecule is CC(=O)NCc1cc(NC2NN([C@H]3CCCC[C@@H]3C#N)C3CCNC(=O)C23)ccc1S(=O)(=O)N(C)C. The molecule has 11 nitrogen and oxygen atoms in total. The number of nitrogens with one attached hydrogen (secondary N) is 4. The molecule has 1 aromatic rings. The monoisotopic (exact) mass is 517 g/mol. The zero-order valence-electron chi connectivity index (χ0n) is 21.0. The standard InChI is InChI=1S/C24H35N7O4S/c1-15(32)27-14-17-12-18(8-9-21(17)36(34,35)30(2)3)28-23-22-20(10-11-26-24(22)33)31(29-23)19-7-5-4-6-16(19)13-25/h8-9,12,16,19-20,22-23,28-29H,4-7,10-11,14H2,1-3H3,(H,26,33)(H,27,32)/t16-,19+,20?,22?,23?/m1/s1. The van der Waals surface area contributed by atoms with Gasteiger partial charge in [-0.3, -0.25) is 9.59 Å². The molecule has 2 heterocycles. The van der Waals surface area contributed by atoms with Crippen LogP contribution in [0.2, 0.25) is 0 Å². The number of carbonyl (C=O) groups is 2. The quantitative estimate of drug-likeness (QED) is 0.414. The molecule has 2 aliphatic heterocycles. The molecule has 1 aromatic carbocycles. The van der Waals surface area contributed by atoms with Crippen molar-refractivity contribution in [1.82, 2.24) is 25.4 Å². The highest BCUT2D eigenvalue weighted by Crippen LogP contribution is 2.36. The fraction of sp³-hybridized carbons (Fsp3) is 0.625. The molecular formula is C24H35N7O4S. The fourth-order valence-corrected chi connectivity index (χ4v) is 6.65. The first kappa shape index (κ1) is 26.3. The lowest BCUT2D eigenvalue weighted by atomic mass is 9.83. The average molecular weight is 518 g/mol. The molecule has 0 spiro atoms. The molecular weight excluding hydrogens is 482 g/mol. The topological polar surface area (TPSA) is 147 Å². The summed E-state index contributed by atoms with van der Waals surface area (Å²) in [6, 6.07) is 7.36. The Hall–Kier alpha value is -2.72. The van der Waals surface area contributed by atoms with E-state index in [9.17, 15) is 23.3 Å². The van der Waals surface area contributed by atoms with E-state index in [1.165, 1.54) is 27.1 Å². The molecule has 1 saturated carbocycles. The van der Waals surface area contributed by atoms with E-state index in [0.717, 1.165) is 36.4 Å². The van der Waals surface area contributed by atoms with Gasteiger partial charge in [0.1, 0.15) is 6.17 Å². The van der Waals surface area contributed by atoms with Crippen LogP contribution in [-0.4, -0.2) is 68.4 Å². The van der Waals surface area contributed by atoms with E-state index in [1.807, 2.05) is 0 Å². The van der Waals surface area contributed by atoms with Crippen LogP contribution in [0.15, 0.2) is 23.1 Å². The lowest BCUT2D eigenvalue weighted by Gasteiger charge is -2.39. The molecule has 2 amide bonds. The van der Waals surface area contributed by atoms with Crippen LogP contribution in [0.1, 0.15) is 44.6 Å². The molecule has 5 atom stereocenters. The van der Waals surface area contributed by atoms with Gasteiger partial charge in [-0.05, 0) is 43.0 Å². The molecule has 4 N–H and O–H groups in total. The molecule has 12 heteroatoms. The molecule has 1 aliphatic carbocycles. The average Bonchev–Trinajstić information content (AvgIpc) is 3.21. The molecule has 36 heavy (non-hydrogen) atoms. The number of hydrazine groups is 1. The predicted molar refractivity (Wildman–Crippen MR) is 133 cm³/mol. The zero-order valence-corrected chi connectivity index (χ0v) is 21.8. The summed E-state index contributed by atoms with van der Waals surface area (Å²) >= 11 is 0. The van der Waals surface area contributed by atoms with Crippen molar-refractivity contribution in [2.45, 2.75) is 68.7 Å². The van der Waals surface area contributed by atoms with Crippen molar-refractivity contribution in [2.24, 2.45) is 11.8 Å². The summed E-state index contributed by atoms with van der Waals surface area (Å²) in [5.41, 5.74) is 4.57. The van der Waals surface area contributed by atoms with Crippen LogP contribution >= 0.6 is 0 Å². The largest absolute Gasteiger partial charge is 0.368 e. The summed E-state index contributed by atoms with van der Waals surface area (Å²) in [6.45, 7) is 2.02. The van der Waals surface area contributed by atoms with Crippen molar-refractivity contribution in [3.05, 3.63) is 23.8 Å². The Kier molecular flexibility index (Phi) is 7.85. The van der Waals surface area contributed by atoms with E-state index in [0.29, 0.717) is 17.8 Å². The third-order valence-corrected chi connectivity index (χ3v) is 9.30. The number of anilines is 1. The molecule has 2 saturated heterocycles. The third kappa shape index (κ3) is 5.20. The van der Waals surface area contributed by atoms with Gasteiger partial charge in [0.15, 0.2) is 0 Å². The van der Waals surface area contributed by atoms with Gasteiger partial charge in [-0.15, -0.1) is 0 Å². The van der Waals surface area contributed by atoms with Gasteiger partial charge in [-0.25, -0.2) is 23.2 Å². The molecule has 196 valence electrons. The summed E-state index contributed by atoms with van der Waals surface area (Å²) in [7, 11) is -0.803. The van der Waals surface area contributed by atoms with E-state index in [-0.39, 0.29) is 47.2 Å². The van der Waals surface area contributed by atoms with Crippen molar-refractivity contribution >= 4 is 27.5 Å². The summed E-state index contributed by atoms with van der Waals surface area (Å²) < 4.78 is 26.8. The number of nitrogens with zero attached hydrogens (tertiary/aromatic N) is 3.